The van der Waals surface area contributed by atoms with E-state index in [4.69, 9.17) is 0 Å². The second-order valence-corrected chi connectivity index (χ2v) is 10.7. The number of alkyl halides is 3. The summed E-state index contributed by atoms with van der Waals surface area (Å²) in [6, 6.07) is 7.71. The van der Waals surface area contributed by atoms with Crippen LogP contribution < -0.4 is 21.2 Å². The summed E-state index contributed by atoms with van der Waals surface area (Å²) < 4.78 is 38.8. The fourth-order valence-corrected chi connectivity index (χ4v) is 6.54. The van der Waals surface area contributed by atoms with Crippen LogP contribution in [0, 0.1) is 5.41 Å². The van der Waals surface area contributed by atoms with E-state index in [2.05, 4.69) is 35.5 Å². The summed E-state index contributed by atoms with van der Waals surface area (Å²) in [5, 5.41) is 7.21. The zero-order valence-electron chi connectivity index (χ0n) is 18.9. The molecule has 1 aromatic carbocycles. The van der Waals surface area contributed by atoms with Crippen LogP contribution in [-0.2, 0) is 6.42 Å². The smallest absolute Gasteiger partial charge is 0.382 e. The number of imidazole rings is 1. The average molecular weight is 504 g/mol. The summed E-state index contributed by atoms with van der Waals surface area (Å²) >= 11 is 1.08. The molecule has 1 aliphatic heterocycles. The third kappa shape index (κ3) is 4.19. The molecule has 3 aromatic heterocycles. The van der Waals surface area contributed by atoms with Gasteiger partial charge in [-0.2, -0.15) is 18.2 Å². The molecule has 1 saturated carbocycles. The van der Waals surface area contributed by atoms with Gasteiger partial charge in [0.2, 0.25) is 5.95 Å². The van der Waals surface area contributed by atoms with Gasteiger partial charge in [-0.15, -0.1) is 11.3 Å². The van der Waals surface area contributed by atoms with Gasteiger partial charge in [0, 0.05) is 42.2 Å². The first kappa shape index (κ1) is 22.2. The Labute approximate surface area is 202 Å². The molecule has 184 valence electrons. The highest BCUT2D eigenvalue weighted by molar-refractivity contribution is 7.18. The van der Waals surface area contributed by atoms with Gasteiger partial charge in [-0.1, -0.05) is 0 Å². The van der Waals surface area contributed by atoms with Crippen molar-refractivity contribution >= 4 is 50.0 Å². The molecule has 4 heterocycles. The molecule has 1 atom stereocenters. The number of hydrogen-bond donors (Lipinski definition) is 4. The van der Waals surface area contributed by atoms with Gasteiger partial charge in [0.05, 0.1) is 22.8 Å². The molecule has 1 saturated heterocycles. The monoisotopic (exact) mass is 503 g/mol. The van der Waals surface area contributed by atoms with Gasteiger partial charge in [-0.3, -0.25) is 0 Å². The Hall–Kier alpha value is -3.28. The number of rotatable bonds is 5. The van der Waals surface area contributed by atoms with Gasteiger partial charge in [0.15, 0.2) is 0 Å². The van der Waals surface area contributed by atoms with Crippen LogP contribution in [0.15, 0.2) is 29.1 Å². The fourth-order valence-electron chi connectivity index (χ4n) is 5.48. The first-order chi connectivity index (χ1) is 16.7. The number of H-pyrrole nitrogens is 2. The lowest BCUT2D eigenvalue weighted by Gasteiger charge is -2.49. The van der Waals surface area contributed by atoms with Crippen molar-refractivity contribution in [1.82, 2.24) is 19.9 Å². The lowest BCUT2D eigenvalue weighted by Crippen LogP contribution is -2.56. The van der Waals surface area contributed by atoms with Crippen molar-refractivity contribution in [1.29, 1.82) is 0 Å². The van der Waals surface area contributed by atoms with Gasteiger partial charge in [-0.25, -0.2) is 9.78 Å². The Kier molecular flexibility index (Phi) is 4.99. The molecule has 2 fully saturated rings. The van der Waals surface area contributed by atoms with Gasteiger partial charge in [-0.05, 0) is 43.5 Å². The van der Waals surface area contributed by atoms with Gasteiger partial charge < -0.3 is 25.5 Å². The lowest BCUT2D eigenvalue weighted by atomic mass is 9.78. The number of benzene rings is 1. The number of hydrogen-bond acceptors (Lipinski definition) is 7. The molecule has 0 amide bonds. The minimum absolute atomic E-state index is 0.159. The number of nitrogens with zero attached hydrogens (tertiary/aromatic N) is 3. The van der Waals surface area contributed by atoms with Gasteiger partial charge in [0.1, 0.15) is 10.6 Å². The second kappa shape index (κ2) is 7.87. The van der Waals surface area contributed by atoms with Crippen LogP contribution in [0.3, 0.4) is 0 Å². The van der Waals surface area contributed by atoms with E-state index in [1.807, 2.05) is 18.2 Å². The molecule has 0 radical (unpaired) electrons. The normalized spacial score (nSPS) is 19.5. The summed E-state index contributed by atoms with van der Waals surface area (Å²) in [6.07, 6.45) is -2.11. The predicted octanol–water partition coefficient (Wildman–Crippen LogP) is 4.48. The number of halogens is 3. The first-order valence-electron chi connectivity index (χ1n) is 11.5. The van der Waals surface area contributed by atoms with E-state index in [1.54, 1.807) is 13.1 Å². The van der Waals surface area contributed by atoms with Gasteiger partial charge >= 0.3 is 11.9 Å². The highest BCUT2D eigenvalue weighted by atomic mass is 32.1. The van der Waals surface area contributed by atoms with Crippen LogP contribution in [0.5, 0.6) is 0 Å². The quantitative estimate of drug-likeness (QED) is 0.320. The van der Waals surface area contributed by atoms with Crippen molar-refractivity contribution in [2.24, 2.45) is 5.41 Å². The van der Waals surface area contributed by atoms with E-state index in [9.17, 15) is 18.0 Å². The molecule has 0 bridgehead atoms. The molecule has 4 N–H and O–H groups in total. The maximum absolute atomic E-state index is 12.9. The molecular weight excluding hydrogens is 479 g/mol. The highest BCUT2D eigenvalue weighted by Gasteiger charge is 2.49. The van der Waals surface area contributed by atoms with E-state index < -0.39 is 12.6 Å². The third-order valence-corrected chi connectivity index (χ3v) is 7.99. The van der Waals surface area contributed by atoms with Crippen LogP contribution in [0.2, 0.25) is 0 Å². The Bertz CT molecular complexity index is 1470. The van der Waals surface area contributed by atoms with Crippen LogP contribution in [0.1, 0.15) is 24.1 Å². The zero-order chi connectivity index (χ0) is 24.4. The summed E-state index contributed by atoms with van der Waals surface area (Å²) in [7, 11) is 1.71. The van der Waals surface area contributed by atoms with Crippen molar-refractivity contribution in [3.63, 3.8) is 0 Å². The molecule has 6 rings (SSSR count). The third-order valence-electron chi connectivity index (χ3n) is 6.96. The molecule has 2 aliphatic rings. The van der Waals surface area contributed by atoms with E-state index in [0.717, 1.165) is 60.4 Å². The number of aromatic amines is 2. The molecule has 8 nitrogen and oxygen atoms in total. The van der Waals surface area contributed by atoms with Crippen molar-refractivity contribution in [2.75, 3.05) is 35.7 Å². The van der Waals surface area contributed by atoms with Gasteiger partial charge in [0.25, 0.3) is 0 Å². The second-order valence-electron chi connectivity index (χ2n) is 9.62. The number of thiophene rings is 1. The molecular formula is C23H24F3N7OS. The highest BCUT2D eigenvalue weighted by Crippen LogP contribution is 2.49. The average Bonchev–Trinajstić information content (AvgIpc) is 3.46. The maximum Gasteiger partial charge on any atom is 0.393 e. The van der Waals surface area contributed by atoms with E-state index in [0.29, 0.717) is 28.0 Å². The largest absolute Gasteiger partial charge is 0.393 e. The Morgan fingerprint density at radius 1 is 1.20 bits per heavy atom. The minimum Gasteiger partial charge on any atom is -0.382 e. The Balaban J connectivity index is 1.17. The van der Waals surface area contributed by atoms with Crippen LogP contribution >= 0.6 is 11.3 Å². The number of anilines is 3. The molecule has 1 spiro atoms. The van der Waals surface area contributed by atoms with Crippen LogP contribution in [0.25, 0.3) is 21.3 Å². The SMILES string of the molecule is CNc1nc(N2CC3(CCC(Nc4ccc5[nH]c(=O)[nH]c5c4)C3)C2)c2cc(CC(F)(F)F)sc2n1. The van der Waals surface area contributed by atoms with Crippen LogP contribution in [-0.4, -0.2) is 52.3 Å². The lowest BCUT2D eigenvalue weighted by molar-refractivity contribution is -0.126. The van der Waals surface area contributed by atoms with E-state index >= 15 is 0 Å². The van der Waals surface area contributed by atoms with Crippen molar-refractivity contribution < 1.29 is 13.2 Å². The summed E-state index contributed by atoms with van der Waals surface area (Å²) in [4.78, 5) is 29.0. The zero-order valence-corrected chi connectivity index (χ0v) is 19.7. The van der Waals surface area contributed by atoms with Crippen molar-refractivity contribution in [3.8, 4) is 0 Å². The Morgan fingerprint density at radius 3 is 2.77 bits per heavy atom. The maximum atomic E-state index is 12.9. The predicted molar refractivity (Wildman–Crippen MR) is 132 cm³/mol. The Morgan fingerprint density at radius 2 is 2.00 bits per heavy atom. The minimum atomic E-state index is -4.26. The van der Waals surface area contributed by atoms with Crippen LogP contribution in [0.4, 0.5) is 30.6 Å². The molecule has 35 heavy (non-hydrogen) atoms. The fraction of sp³-hybridized carbons (Fsp3) is 0.435. The summed E-state index contributed by atoms with van der Waals surface area (Å²) in [6.45, 7) is 1.63. The summed E-state index contributed by atoms with van der Waals surface area (Å²) in [5.41, 5.74) is 2.46. The molecule has 1 unspecified atom stereocenters. The van der Waals surface area contributed by atoms with Crippen molar-refractivity contribution in [3.05, 3.63) is 39.6 Å². The van der Waals surface area contributed by atoms with Crippen molar-refractivity contribution in [2.45, 2.75) is 37.9 Å². The number of fused-ring (bicyclic) bond motifs is 2. The topological polar surface area (TPSA) is 102 Å². The molecule has 12 heteroatoms. The van der Waals surface area contributed by atoms with E-state index in [-0.39, 0.29) is 16.0 Å². The molecule has 1 aliphatic carbocycles. The van der Waals surface area contributed by atoms with E-state index in [1.165, 1.54) is 0 Å². The number of nitrogens with one attached hydrogen (secondary N) is 4. The summed E-state index contributed by atoms with van der Waals surface area (Å²) in [5.74, 6) is 1.12. The number of aromatic nitrogens is 4. The first-order valence-corrected chi connectivity index (χ1v) is 12.3. The standard InChI is InChI=1S/C23H24F3N7OS/c1-27-20-31-18(15-7-14(9-23(24,25)26)35-19(15)32-20)33-10-22(11-33)5-4-13(8-22)28-12-2-3-16-17(6-12)30-21(34)29-16/h2-3,6-7,13,28H,4-5,8-11H2,1H3,(H,27,31,32)(H2,29,30,34). The molecule has 4 aromatic rings.